The lowest BCUT2D eigenvalue weighted by atomic mass is 9.94. The summed E-state index contributed by atoms with van der Waals surface area (Å²) in [5.74, 6) is 1.67. The van der Waals surface area contributed by atoms with Crippen molar-refractivity contribution in [3.05, 3.63) is 29.1 Å². The number of hydrogen-bond acceptors (Lipinski definition) is 9. The average Bonchev–Trinajstić information content (AvgIpc) is 3.30. The number of hydrogen-bond donors (Lipinski definition) is 2. The minimum Gasteiger partial charge on any atom is -0.472 e. The van der Waals surface area contributed by atoms with Crippen molar-refractivity contribution in [1.82, 2.24) is 20.4 Å². The van der Waals surface area contributed by atoms with Gasteiger partial charge in [0.1, 0.15) is 17.3 Å². The smallest absolute Gasteiger partial charge is 0.255 e. The molecule has 4 rings (SSSR count). The Morgan fingerprint density at radius 3 is 2.89 bits per heavy atom. The van der Waals surface area contributed by atoms with Gasteiger partial charge in [-0.2, -0.15) is 5.10 Å². The van der Waals surface area contributed by atoms with E-state index < -0.39 is 0 Å². The van der Waals surface area contributed by atoms with Crippen molar-refractivity contribution >= 4 is 33.6 Å². The summed E-state index contributed by atoms with van der Waals surface area (Å²) in [7, 11) is 0. The number of fused-ring (bicyclic) bond motifs is 1. The average molecular weight is 401 g/mol. The van der Waals surface area contributed by atoms with Crippen LogP contribution in [0.25, 0.3) is 10.2 Å². The van der Waals surface area contributed by atoms with Gasteiger partial charge in [-0.3, -0.25) is 5.43 Å². The minimum atomic E-state index is 0.0660. The highest BCUT2D eigenvalue weighted by atomic mass is 32.1. The number of ether oxygens (including phenoxy) is 1. The minimum absolute atomic E-state index is 0.0660. The molecule has 2 N–H and O–H groups in total. The van der Waals surface area contributed by atoms with Gasteiger partial charge in [0, 0.05) is 4.88 Å². The number of aromatic nitrogens is 3. The summed E-state index contributed by atoms with van der Waals surface area (Å²) in [5.41, 5.74) is 3.05. The van der Waals surface area contributed by atoms with E-state index >= 15 is 0 Å². The van der Waals surface area contributed by atoms with Crippen LogP contribution < -0.4 is 15.5 Å². The first kappa shape index (κ1) is 18.8. The quantitative estimate of drug-likeness (QED) is 0.499. The zero-order valence-electron chi connectivity index (χ0n) is 16.2. The van der Waals surface area contributed by atoms with Crippen LogP contribution in [-0.2, 0) is 5.41 Å². The monoisotopic (exact) mass is 400 g/mol. The molecule has 148 valence electrons. The van der Waals surface area contributed by atoms with Gasteiger partial charge in [0.05, 0.1) is 17.7 Å². The molecule has 0 aliphatic carbocycles. The molecule has 0 amide bonds. The number of nitrogens with zero attached hydrogens (tertiary/aromatic N) is 4. The maximum Gasteiger partial charge on any atom is 0.255 e. The Labute approximate surface area is 167 Å². The van der Waals surface area contributed by atoms with Crippen molar-refractivity contribution in [3.8, 4) is 5.88 Å². The highest BCUT2D eigenvalue weighted by molar-refractivity contribution is 7.18. The van der Waals surface area contributed by atoms with Gasteiger partial charge in [0.25, 0.3) is 5.88 Å². The summed E-state index contributed by atoms with van der Waals surface area (Å²) in [5, 5.41) is 12.5. The number of nitrogens with one attached hydrogen (secondary N) is 2. The Hall–Kier alpha value is -2.52. The number of thiophene rings is 1. The molecule has 8 nitrogen and oxygen atoms in total. The second-order valence-corrected chi connectivity index (χ2v) is 8.84. The fraction of sp³-hybridized carbons (Fsp3) is 0.474. The largest absolute Gasteiger partial charge is 0.472 e. The normalized spacial score (nSPS) is 16.1. The summed E-state index contributed by atoms with van der Waals surface area (Å²) in [4.78, 5) is 10.9. The van der Waals surface area contributed by atoms with E-state index in [1.165, 1.54) is 4.88 Å². The van der Waals surface area contributed by atoms with Gasteiger partial charge in [-0.25, -0.2) is 9.97 Å². The summed E-state index contributed by atoms with van der Waals surface area (Å²) in [6.45, 7) is 8.48. The van der Waals surface area contributed by atoms with E-state index in [4.69, 9.17) is 9.26 Å². The molecule has 0 unspecified atom stereocenters. The van der Waals surface area contributed by atoms with E-state index in [-0.39, 0.29) is 11.5 Å². The van der Waals surface area contributed by atoms with Crippen LogP contribution in [0.15, 0.2) is 28.1 Å². The van der Waals surface area contributed by atoms with Crippen molar-refractivity contribution in [2.75, 3.05) is 18.5 Å². The Morgan fingerprint density at radius 2 is 2.11 bits per heavy atom. The Kier molecular flexibility index (Phi) is 5.27. The second kappa shape index (κ2) is 7.84. The van der Waals surface area contributed by atoms with E-state index in [0.717, 1.165) is 36.1 Å². The lowest BCUT2D eigenvalue weighted by Gasteiger charge is -2.22. The lowest BCUT2D eigenvalue weighted by molar-refractivity contribution is 0.148. The van der Waals surface area contributed by atoms with Crippen LogP contribution >= 0.6 is 11.3 Å². The maximum absolute atomic E-state index is 5.85. The standard InChI is InChI=1S/C19H24N6O2S/c1-19(2,3)15-9-14-17(21-11-22-18(14)28-15)24-23-10-13-8-16(25-27-13)26-12-4-6-20-7-5-12/h8-12,20H,4-7H2,1-3H3,(H,21,22,24). The molecule has 1 aliphatic heterocycles. The molecule has 3 aromatic heterocycles. The van der Waals surface area contributed by atoms with Crippen LogP contribution in [0.4, 0.5) is 5.82 Å². The van der Waals surface area contributed by atoms with Gasteiger partial charge in [0.15, 0.2) is 11.6 Å². The molecule has 9 heteroatoms. The molecule has 3 aromatic rings. The Morgan fingerprint density at radius 1 is 1.29 bits per heavy atom. The summed E-state index contributed by atoms with van der Waals surface area (Å²) >= 11 is 1.68. The number of anilines is 1. The van der Waals surface area contributed by atoms with Crippen molar-refractivity contribution in [3.63, 3.8) is 0 Å². The molecular formula is C19H24N6O2S. The predicted molar refractivity (Wildman–Crippen MR) is 110 cm³/mol. The number of hydrazone groups is 1. The zero-order chi connectivity index (χ0) is 19.6. The summed E-state index contributed by atoms with van der Waals surface area (Å²) < 4.78 is 11.1. The fourth-order valence-corrected chi connectivity index (χ4v) is 4.00. The van der Waals surface area contributed by atoms with Gasteiger partial charge >= 0.3 is 0 Å². The zero-order valence-corrected chi connectivity index (χ0v) is 17.0. The van der Waals surface area contributed by atoms with Crippen LogP contribution in [0.2, 0.25) is 0 Å². The van der Waals surface area contributed by atoms with Gasteiger partial charge in [-0.1, -0.05) is 20.8 Å². The van der Waals surface area contributed by atoms with Crippen molar-refractivity contribution < 1.29 is 9.26 Å². The first-order chi connectivity index (χ1) is 13.5. The van der Waals surface area contributed by atoms with E-state index in [0.29, 0.717) is 17.5 Å². The van der Waals surface area contributed by atoms with Crippen LogP contribution in [0.5, 0.6) is 5.88 Å². The van der Waals surface area contributed by atoms with Crippen molar-refractivity contribution in [2.45, 2.75) is 45.1 Å². The van der Waals surface area contributed by atoms with Crippen molar-refractivity contribution in [1.29, 1.82) is 0 Å². The van der Waals surface area contributed by atoms with Gasteiger partial charge in [0.2, 0.25) is 0 Å². The molecule has 0 saturated carbocycles. The molecule has 1 aliphatic rings. The Balaban J connectivity index is 1.43. The highest BCUT2D eigenvalue weighted by Gasteiger charge is 2.19. The highest BCUT2D eigenvalue weighted by Crippen LogP contribution is 2.35. The van der Waals surface area contributed by atoms with Crippen LogP contribution in [0, 0.1) is 0 Å². The SMILES string of the molecule is CC(C)(C)c1cc2c(NN=Cc3cc(OC4CCNCC4)no3)ncnc2s1. The molecule has 28 heavy (non-hydrogen) atoms. The third-order valence-electron chi connectivity index (χ3n) is 4.51. The van der Waals surface area contributed by atoms with Crippen LogP contribution in [0.3, 0.4) is 0 Å². The van der Waals surface area contributed by atoms with Gasteiger partial charge in [-0.05, 0) is 42.6 Å². The van der Waals surface area contributed by atoms with Crippen LogP contribution in [-0.4, -0.2) is 40.5 Å². The molecule has 1 saturated heterocycles. The molecule has 0 atom stereocenters. The van der Waals surface area contributed by atoms with Gasteiger partial charge < -0.3 is 14.6 Å². The Bertz CT molecular complexity index is 968. The third kappa shape index (κ3) is 4.31. The summed E-state index contributed by atoms with van der Waals surface area (Å²) in [6, 6.07) is 3.86. The maximum atomic E-state index is 5.85. The topological polar surface area (TPSA) is 97.5 Å². The molecular weight excluding hydrogens is 376 g/mol. The first-order valence-electron chi connectivity index (χ1n) is 9.37. The third-order valence-corrected chi connectivity index (χ3v) is 5.98. The van der Waals surface area contributed by atoms with Gasteiger partial charge in [-0.15, -0.1) is 11.3 Å². The molecule has 1 fully saturated rings. The molecule has 0 aromatic carbocycles. The summed E-state index contributed by atoms with van der Waals surface area (Å²) in [6.07, 6.45) is 5.23. The van der Waals surface area contributed by atoms with E-state index in [1.807, 2.05) is 0 Å². The van der Waals surface area contributed by atoms with E-state index in [9.17, 15) is 0 Å². The molecule has 0 spiro atoms. The molecule has 0 radical (unpaired) electrons. The molecule has 4 heterocycles. The first-order valence-corrected chi connectivity index (χ1v) is 10.2. The molecule has 0 bridgehead atoms. The fourth-order valence-electron chi connectivity index (χ4n) is 2.94. The lowest BCUT2D eigenvalue weighted by Crippen LogP contribution is -2.34. The van der Waals surface area contributed by atoms with Crippen LogP contribution in [0.1, 0.15) is 44.3 Å². The number of rotatable bonds is 5. The second-order valence-electron chi connectivity index (χ2n) is 7.81. The predicted octanol–water partition coefficient (Wildman–Crippen LogP) is 3.55. The number of piperidine rings is 1. The van der Waals surface area contributed by atoms with E-state index in [2.05, 4.69) is 57.8 Å². The van der Waals surface area contributed by atoms with Crippen molar-refractivity contribution in [2.24, 2.45) is 5.10 Å². The van der Waals surface area contributed by atoms with E-state index in [1.54, 1.807) is 29.9 Å².